The maximum absolute atomic E-state index is 5.39. The average Bonchev–Trinajstić information content (AvgIpc) is 3.35. The summed E-state index contributed by atoms with van der Waals surface area (Å²) in [5.41, 5.74) is 1.30. The lowest BCUT2D eigenvalue weighted by Crippen LogP contribution is -2.40. The molecule has 1 aliphatic heterocycles. The lowest BCUT2D eigenvalue weighted by molar-refractivity contribution is 0.414. The van der Waals surface area contributed by atoms with Crippen LogP contribution in [0.4, 0.5) is 0 Å². The SMILES string of the molecule is COc1ccc(CCNC(=NCCc2ccco2)N2CCCC2)cc1.I. The number of nitrogens with zero attached hydrogens (tertiary/aromatic N) is 2. The number of guanidine groups is 1. The highest BCUT2D eigenvalue weighted by molar-refractivity contribution is 14.0. The van der Waals surface area contributed by atoms with E-state index in [4.69, 9.17) is 14.1 Å². The fourth-order valence-corrected chi connectivity index (χ4v) is 3.03. The fourth-order valence-electron chi connectivity index (χ4n) is 3.03. The molecule has 0 amide bonds. The molecule has 2 heterocycles. The van der Waals surface area contributed by atoms with Gasteiger partial charge in [0.2, 0.25) is 0 Å². The first-order valence-electron chi connectivity index (χ1n) is 9.04. The van der Waals surface area contributed by atoms with Gasteiger partial charge in [0.15, 0.2) is 5.96 Å². The van der Waals surface area contributed by atoms with Gasteiger partial charge in [-0.25, -0.2) is 0 Å². The Morgan fingerprint density at radius 1 is 1.15 bits per heavy atom. The molecule has 142 valence electrons. The Morgan fingerprint density at radius 2 is 1.92 bits per heavy atom. The minimum absolute atomic E-state index is 0. The van der Waals surface area contributed by atoms with Crippen molar-refractivity contribution >= 4 is 29.9 Å². The quantitative estimate of drug-likeness (QED) is 0.382. The average molecular weight is 469 g/mol. The number of rotatable bonds is 7. The summed E-state index contributed by atoms with van der Waals surface area (Å²) in [6.45, 7) is 3.81. The number of nitrogens with one attached hydrogen (secondary N) is 1. The van der Waals surface area contributed by atoms with Crippen LogP contribution in [0.25, 0.3) is 0 Å². The van der Waals surface area contributed by atoms with Crippen molar-refractivity contribution in [3.63, 3.8) is 0 Å². The van der Waals surface area contributed by atoms with Crippen LogP contribution in [0.15, 0.2) is 52.1 Å². The number of benzene rings is 1. The van der Waals surface area contributed by atoms with Crippen molar-refractivity contribution in [1.29, 1.82) is 0 Å². The van der Waals surface area contributed by atoms with Gasteiger partial charge in [-0.2, -0.15) is 0 Å². The molecule has 0 spiro atoms. The highest BCUT2D eigenvalue weighted by Crippen LogP contribution is 2.12. The summed E-state index contributed by atoms with van der Waals surface area (Å²) in [5.74, 6) is 2.91. The predicted octanol–water partition coefficient (Wildman–Crippen LogP) is 3.73. The van der Waals surface area contributed by atoms with Crippen molar-refractivity contribution in [2.45, 2.75) is 25.7 Å². The molecule has 2 aromatic rings. The number of aliphatic imine (C=N–C) groups is 1. The maximum atomic E-state index is 5.39. The zero-order chi connectivity index (χ0) is 17.3. The van der Waals surface area contributed by atoms with Crippen molar-refractivity contribution in [2.75, 3.05) is 33.3 Å². The number of halogens is 1. The number of furan rings is 1. The van der Waals surface area contributed by atoms with E-state index in [9.17, 15) is 0 Å². The van der Waals surface area contributed by atoms with E-state index >= 15 is 0 Å². The van der Waals surface area contributed by atoms with Crippen LogP contribution in [0.1, 0.15) is 24.2 Å². The van der Waals surface area contributed by atoms with E-state index in [1.807, 2.05) is 24.3 Å². The predicted molar refractivity (Wildman–Crippen MR) is 116 cm³/mol. The molecule has 1 aromatic heterocycles. The Balaban J connectivity index is 0.00000243. The Kier molecular flexibility index (Phi) is 8.80. The molecule has 1 aromatic carbocycles. The van der Waals surface area contributed by atoms with Crippen LogP contribution >= 0.6 is 24.0 Å². The van der Waals surface area contributed by atoms with Gasteiger partial charge >= 0.3 is 0 Å². The van der Waals surface area contributed by atoms with Crippen molar-refractivity contribution in [3.8, 4) is 5.75 Å². The monoisotopic (exact) mass is 469 g/mol. The molecule has 1 N–H and O–H groups in total. The largest absolute Gasteiger partial charge is 0.497 e. The van der Waals surface area contributed by atoms with Gasteiger partial charge < -0.3 is 19.4 Å². The van der Waals surface area contributed by atoms with E-state index < -0.39 is 0 Å². The number of hydrogen-bond donors (Lipinski definition) is 1. The van der Waals surface area contributed by atoms with E-state index in [1.165, 1.54) is 18.4 Å². The standard InChI is InChI=1S/C20H27N3O2.HI/c1-24-18-8-6-17(7-9-18)10-12-21-20(23-14-2-3-15-23)22-13-11-19-5-4-16-25-19;/h4-9,16H,2-3,10-15H2,1H3,(H,21,22);1H. The van der Waals surface area contributed by atoms with Gasteiger partial charge in [-0.15, -0.1) is 24.0 Å². The third-order valence-corrected chi connectivity index (χ3v) is 4.46. The molecule has 26 heavy (non-hydrogen) atoms. The molecule has 6 heteroatoms. The molecule has 0 saturated carbocycles. The molecule has 0 radical (unpaired) electrons. The van der Waals surface area contributed by atoms with E-state index in [0.717, 1.165) is 56.5 Å². The zero-order valence-corrected chi connectivity index (χ0v) is 17.6. The fraction of sp³-hybridized carbons (Fsp3) is 0.450. The third-order valence-electron chi connectivity index (χ3n) is 4.46. The van der Waals surface area contributed by atoms with E-state index in [1.54, 1.807) is 13.4 Å². The van der Waals surface area contributed by atoms with Crippen LogP contribution in [-0.4, -0.2) is 44.1 Å². The molecule has 3 rings (SSSR count). The van der Waals surface area contributed by atoms with Gasteiger partial charge in [0.1, 0.15) is 11.5 Å². The summed E-state index contributed by atoms with van der Waals surface area (Å²) < 4.78 is 10.6. The third kappa shape index (κ3) is 6.23. The summed E-state index contributed by atoms with van der Waals surface area (Å²) in [4.78, 5) is 7.15. The molecule has 0 aliphatic carbocycles. The van der Waals surface area contributed by atoms with E-state index in [-0.39, 0.29) is 24.0 Å². The number of methoxy groups -OCH3 is 1. The minimum Gasteiger partial charge on any atom is -0.497 e. The van der Waals surface area contributed by atoms with Gasteiger partial charge in [0.25, 0.3) is 0 Å². The molecule has 1 aliphatic rings. The smallest absolute Gasteiger partial charge is 0.193 e. The lowest BCUT2D eigenvalue weighted by atomic mass is 10.1. The molecule has 0 atom stereocenters. The van der Waals surface area contributed by atoms with Gasteiger partial charge in [-0.3, -0.25) is 4.99 Å². The van der Waals surface area contributed by atoms with Crippen LogP contribution in [0.5, 0.6) is 5.75 Å². The molecule has 5 nitrogen and oxygen atoms in total. The van der Waals surface area contributed by atoms with Crippen molar-refractivity contribution in [3.05, 3.63) is 54.0 Å². The minimum atomic E-state index is 0. The van der Waals surface area contributed by atoms with Gasteiger partial charge in [-0.1, -0.05) is 12.1 Å². The van der Waals surface area contributed by atoms with E-state index in [2.05, 4.69) is 22.3 Å². The molecular formula is C20H28IN3O2. The molecular weight excluding hydrogens is 441 g/mol. The lowest BCUT2D eigenvalue weighted by Gasteiger charge is -2.21. The topological polar surface area (TPSA) is 50.0 Å². The highest BCUT2D eigenvalue weighted by atomic mass is 127. The first-order valence-corrected chi connectivity index (χ1v) is 9.04. The van der Waals surface area contributed by atoms with Crippen LogP contribution < -0.4 is 10.1 Å². The van der Waals surface area contributed by atoms with Gasteiger partial charge in [0.05, 0.1) is 13.4 Å². The Morgan fingerprint density at radius 3 is 2.58 bits per heavy atom. The summed E-state index contributed by atoms with van der Waals surface area (Å²) in [5, 5.41) is 3.53. The summed E-state index contributed by atoms with van der Waals surface area (Å²) in [7, 11) is 1.69. The number of hydrogen-bond acceptors (Lipinski definition) is 3. The molecule has 0 unspecified atom stereocenters. The van der Waals surface area contributed by atoms with Crippen molar-refractivity contribution in [2.24, 2.45) is 4.99 Å². The number of likely N-dealkylation sites (tertiary alicyclic amines) is 1. The van der Waals surface area contributed by atoms with Crippen LogP contribution in [0, 0.1) is 0 Å². The summed E-state index contributed by atoms with van der Waals surface area (Å²) in [6, 6.07) is 12.2. The Bertz CT molecular complexity index is 650. The van der Waals surface area contributed by atoms with Crippen molar-refractivity contribution in [1.82, 2.24) is 10.2 Å². The van der Waals surface area contributed by atoms with Crippen LogP contribution in [0.2, 0.25) is 0 Å². The highest BCUT2D eigenvalue weighted by Gasteiger charge is 2.15. The summed E-state index contributed by atoms with van der Waals surface area (Å²) >= 11 is 0. The molecule has 1 saturated heterocycles. The summed E-state index contributed by atoms with van der Waals surface area (Å²) in [6.07, 6.45) is 6.02. The van der Waals surface area contributed by atoms with E-state index in [0.29, 0.717) is 0 Å². The Labute approximate surface area is 172 Å². The second-order valence-electron chi connectivity index (χ2n) is 6.25. The molecule has 1 fully saturated rings. The molecule has 0 bridgehead atoms. The first-order chi connectivity index (χ1) is 12.3. The first kappa shape index (κ1) is 20.6. The van der Waals surface area contributed by atoms with Crippen LogP contribution in [0.3, 0.4) is 0 Å². The van der Waals surface area contributed by atoms with Crippen LogP contribution in [-0.2, 0) is 12.8 Å². The maximum Gasteiger partial charge on any atom is 0.193 e. The zero-order valence-electron chi connectivity index (χ0n) is 15.3. The van der Waals surface area contributed by atoms with Gasteiger partial charge in [0, 0.05) is 32.6 Å². The number of ether oxygens (including phenoxy) is 1. The van der Waals surface area contributed by atoms with Gasteiger partial charge in [-0.05, 0) is 49.1 Å². The second-order valence-corrected chi connectivity index (χ2v) is 6.25. The Hall–Kier alpha value is -1.70. The normalized spacial score (nSPS) is 14.2. The second kappa shape index (κ2) is 11.1. The van der Waals surface area contributed by atoms with Crippen molar-refractivity contribution < 1.29 is 9.15 Å².